The third kappa shape index (κ3) is 3.81. The van der Waals surface area contributed by atoms with Gasteiger partial charge in [0.15, 0.2) is 21.6 Å². The number of hydrogen-bond donors (Lipinski definition) is 4. The lowest BCUT2D eigenvalue weighted by molar-refractivity contribution is 0.466. The average Bonchev–Trinajstić information content (AvgIpc) is 3.11. The standard InChI is InChI=1S/C12H9Cl2N5O3S3/c13-5-2-1-3-6(8(5)14)16-10-11(19-24-18-10)17-7-4-23-12(9(7)20)25(15,21)22/h1-4,20H,(H,16,18)(H,17,19)(H2,15,21,22). The summed E-state index contributed by atoms with van der Waals surface area (Å²) in [6.07, 6.45) is 0. The average molecular weight is 438 g/mol. The fourth-order valence-electron chi connectivity index (χ4n) is 1.83. The van der Waals surface area contributed by atoms with Crippen molar-refractivity contribution < 1.29 is 13.5 Å². The van der Waals surface area contributed by atoms with Crippen molar-refractivity contribution in [2.45, 2.75) is 4.21 Å². The Morgan fingerprint density at radius 1 is 1.12 bits per heavy atom. The summed E-state index contributed by atoms with van der Waals surface area (Å²) in [5.41, 5.74) is 0.659. The number of sulfonamides is 1. The first-order valence-electron chi connectivity index (χ1n) is 6.41. The maximum absolute atomic E-state index is 11.4. The lowest BCUT2D eigenvalue weighted by atomic mass is 10.3. The molecule has 0 bridgehead atoms. The van der Waals surface area contributed by atoms with Gasteiger partial charge in [-0.1, -0.05) is 29.3 Å². The Morgan fingerprint density at radius 2 is 1.76 bits per heavy atom. The summed E-state index contributed by atoms with van der Waals surface area (Å²) in [4.78, 5) is 0. The Bertz CT molecular complexity index is 1030. The van der Waals surface area contributed by atoms with Crippen LogP contribution < -0.4 is 15.8 Å². The third-order valence-electron chi connectivity index (χ3n) is 2.94. The van der Waals surface area contributed by atoms with Gasteiger partial charge in [0.05, 0.1) is 33.1 Å². The Balaban J connectivity index is 1.88. The van der Waals surface area contributed by atoms with Gasteiger partial charge in [0.2, 0.25) is 0 Å². The molecule has 13 heteroatoms. The van der Waals surface area contributed by atoms with Crippen molar-refractivity contribution >= 4 is 79.3 Å². The van der Waals surface area contributed by atoms with Crippen LogP contribution in [0.25, 0.3) is 0 Å². The van der Waals surface area contributed by atoms with Gasteiger partial charge in [-0.2, -0.15) is 8.75 Å². The molecule has 0 saturated heterocycles. The summed E-state index contributed by atoms with van der Waals surface area (Å²) in [6, 6.07) is 5.07. The highest BCUT2D eigenvalue weighted by Crippen LogP contribution is 2.40. The first kappa shape index (κ1) is 18.2. The monoisotopic (exact) mass is 437 g/mol. The van der Waals surface area contributed by atoms with Gasteiger partial charge in [-0.25, -0.2) is 13.6 Å². The molecule has 0 amide bonds. The quantitative estimate of drug-likeness (QED) is 0.477. The summed E-state index contributed by atoms with van der Waals surface area (Å²) in [5.74, 6) is 0.124. The van der Waals surface area contributed by atoms with Gasteiger partial charge in [0, 0.05) is 5.38 Å². The minimum Gasteiger partial charge on any atom is -0.504 e. The van der Waals surface area contributed by atoms with Gasteiger partial charge >= 0.3 is 0 Å². The lowest BCUT2D eigenvalue weighted by Crippen LogP contribution is -2.10. The molecule has 132 valence electrons. The molecule has 0 aliphatic carbocycles. The molecule has 0 aliphatic heterocycles. The van der Waals surface area contributed by atoms with Crippen LogP contribution in [0.15, 0.2) is 27.8 Å². The second kappa shape index (κ2) is 6.94. The van der Waals surface area contributed by atoms with Crippen LogP contribution in [0, 0.1) is 0 Å². The van der Waals surface area contributed by atoms with E-state index in [0.717, 1.165) is 23.1 Å². The number of hydrogen-bond acceptors (Lipinski definition) is 9. The van der Waals surface area contributed by atoms with Gasteiger partial charge < -0.3 is 15.7 Å². The molecule has 0 fully saturated rings. The molecular formula is C12H9Cl2N5O3S3. The predicted molar refractivity (Wildman–Crippen MR) is 100 cm³/mol. The number of nitrogens with zero attached hydrogens (tertiary/aromatic N) is 2. The second-order valence-electron chi connectivity index (χ2n) is 4.64. The maximum Gasteiger partial charge on any atom is 0.251 e. The van der Waals surface area contributed by atoms with Crippen LogP contribution in [-0.4, -0.2) is 22.3 Å². The van der Waals surface area contributed by atoms with Gasteiger partial charge in [-0.15, -0.1) is 11.3 Å². The smallest absolute Gasteiger partial charge is 0.251 e. The number of benzene rings is 1. The highest BCUT2D eigenvalue weighted by atomic mass is 35.5. The summed E-state index contributed by atoms with van der Waals surface area (Å²) >= 11 is 13.8. The molecule has 0 radical (unpaired) electrons. The first-order chi connectivity index (χ1) is 11.8. The molecule has 2 heterocycles. The van der Waals surface area contributed by atoms with Crippen LogP contribution in [0.3, 0.4) is 0 Å². The summed E-state index contributed by atoms with van der Waals surface area (Å²) < 4.78 is 30.6. The van der Waals surface area contributed by atoms with Crippen molar-refractivity contribution in [2.75, 3.05) is 10.6 Å². The zero-order chi connectivity index (χ0) is 18.2. The minimum atomic E-state index is -4.01. The van der Waals surface area contributed by atoms with Crippen molar-refractivity contribution in [3.63, 3.8) is 0 Å². The largest absolute Gasteiger partial charge is 0.504 e. The molecule has 2 aromatic heterocycles. The molecule has 3 rings (SSSR count). The van der Waals surface area contributed by atoms with Crippen LogP contribution in [0.4, 0.5) is 23.0 Å². The molecule has 0 saturated carbocycles. The number of anilines is 4. The number of thiophene rings is 1. The topological polar surface area (TPSA) is 130 Å². The Kier molecular flexibility index (Phi) is 5.04. The van der Waals surface area contributed by atoms with Crippen LogP contribution in [0.1, 0.15) is 0 Å². The van der Waals surface area contributed by atoms with Gasteiger partial charge in [-0.05, 0) is 12.1 Å². The molecule has 0 spiro atoms. The zero-order valence-corrected chi connectivity index (χ0v) is 16.0. The number of rotatable bonds is 5. The molecule has 0 aliphatic rings. The molecule has 1 aromatic carbocycles. The third-order valence-corrected chi connectivity index (χ3v) is 6.74. The maximum atomic E-state index is 11.4. The molecule has 5 N–H and O–H groups in total. The van der Waals surface area contributed by atoms with E-state index in [9.17, 15) is 13.5 Å². The molecule has 0 atom stereocenters. The predicted octanol–water partition coefficient (Wildman–Crippen LogP) is 3.75. The Labute approximate surface area is 160 Å². The van der Waals surface area contributed by atoms with E-state index in [4.69, 9.17) is 28.3 Å². The van der Waals surface area contributed by atoms with Crippen LogP contribution in [-0.2, 0) is 10.0 Å². The van der Waals surface area contributed by atoms with E-state index in [0.29, 0.717) is 21.6 Å². The lowest BCUT2D eigenvalue weighted by Gasteiger charge is -2.09. The summed E-state index contributed by atoms with van der Waals surface area (Å²) in [7, 11) is -4.01. The fourth-order valence-corrected chi connectivity index (χ4v) is 4.33. The summed E-state index contributed by atoms with van der Waals surface area (Å²) in [6.45, 7) is 0. The van der Waals surface area contributed by atoms with E-state index in [1.807, 2.05) is 0 Å². The molecular weight excluding hydrogens is 429 g/mol. The van der Waals surface area contributed by atoms with Gasteiger partial charge in [-0.3, -0.25) is 0 Å². The van der Waals surface area contributed by atoms with E-state index in [-0.39, 0.29) is 15.7 Å². The molecule has 3 aromatic rings. The molecule has 8 nitrogen and oxygen atoms in total. The van der Waals surface area contributed by atoms with Crippen LogP contribution in [0.5, 0.6) is 5.75 Å². The Hall–Kier alpha value is -1.63. The summed E-state index contributed by atoms with van der Waals surface area (Å²) in [5, 5.41) is 22.9. The second-order valence-corrected chi connectivity index (χ2v) is 8.59. The van der Waals surface area contributed by atoms with Crippen molar-refractivity contribution in [1.82, 2.24) is 8.75 Å². The normalized spacial score (nSPS) is 11.5. The van der Waals surface area contributed by atoms with E-state index >= 15 is 0 Å². The first-order valence-corrected chi connectivity index (χ1v) is 10.3. The van der Waals surface area contributed by atoms with Crippen molar-refractivity contribution in [2.24, 2.45) is 5.14 Å². The zero-order valence-electron chi connectivity index (χ0n) is 12.0. The van der Waals surface area contributed by atoms with Gasteiger partial charge in [0.25, 0.3) is 10.0 Å². The number of nitrogens with two attached hydrogens (primary N) is 1. The van der Waals surface area contributed by atoms with E-state index in [2.05, 4.69) is 19.4 Å². The van der Waals surface area contributed by atoms with Crippen LogP contribution >= 0.6 is 46.3 Å². The Morgan fingerprint density at radius 3 is 2.36 bits per heavy atom. The van der Waals surface area contributed by atoms with Gasteiger partial charge in [0.1, 0.15) is 0 Å². The molecule has 0 unspecified atom stereocenters. The van der Waals surface area contributed by atoms with Crippen molar-refractivity contribution in [3.8, 4) is 5.75 Å². The minimum absolute atomic E-state index is 0.141. The highest BCUT2D eigenvalue weighted by molar-refractivity contribution is 7.91. The van der Waals surface area contributed by atoms with Crippen molar-refractivity contribution in [3.05, 3.63) is 33.6 Å². The number of primary sulfonamides is 1. The number of aromatic nitrogens is 2. The van der Waals surface area contributed by atoms with Crippen LogP contribution in [0.2, 0.25) is 10.0 Å². The number of halogens is 2. The number of nitrogens with one attached hydrogen (secondary N) is 2. The number of aromatic hydroxyl groups is 1. The van der Waals surface area contributed by atoms with E-state index in [1.165, 1.54) is 5.38 Å². The molecule has 25 heavy (non-hydrogen) atoms. The van der Waals surface area contributed by atoms with E-state index < -0.39 is 15.8 Å². The fraction of sp³-hybridized carbons (Fsp3) is 0. The SMILES string of the molecule is NS(=O)(=O)c1scc(Nc2nsnc2Nc2cccc(Cl)c2Cl)c1O. The highest BCUT2D eigenvalue weighted by Gasteiger charge is 2.21. The van der Waals surface area contributed by atoms with Crippen molar-refractivity contribution in [1.29, 1.82) is 0 Å². The van der Waals surface area contributed by atoms with E-state index in [1.54, 1.807) is 18.2 Å².